The smallest absolute Gasteiger partial charge is 0.414 e. The standard InChI is InChI=1S/C12H11NO4/c1-7(14)9-4-2-8(3-5-9)6-10-11(15)13-12(16)17-10/h2-5,10H,6H2,1H3,(H,13,15,16). The molecule has 17 heavy (non-hydrogen) atoms. The molecule has 0 spiro atoms. The molecule has 1 aromatic rings. The number of carbonyl (C=O) groups is 3. The van der Waals surface area contributed by atoms with E-state index < -0.39 is 18.1 Å². The summed E-state index contributed by atoms with van der Waals surface area (Å²) in [7, 11) is 0. The Morgan fingerprint density at radius 1 is 1.29 bits per heavy atom. The van der Waals surface area contributed by atoms with Gasteiger partial charge in [-0.2, -0.15) is 0 Å². The number of nitrogens with one attached hydrogen (secondary N) is 1. The number of hydrogen-bond donors (Lipinski definition) is 1. The fourth-order valence-corrected chi connectivity index (χ4v) is 1.62. The maximum Gasteiger partial charge on any atom is 0.414 e. The first-order valence-corrected chi connectivity index (χ1v) is 5.17. The molecule has 1 aliphatic rings. The topological polar surface area (TPSA) is 72.5 Å². The number of ether oxygens (including phenoxy) is 1. The Balaban J connectivity index is 2.07. The van der Waals surface area contributed by atoms with Gasteiger partial charge in [0.1, 0.15) is 0 Å². The van der Waals surface area contributed by atoms with Gasteiger partial charge in [-0.1, -0.05) is 24.3 Å². The second-order valence-electron chi connectivity index (χ2n) is 3.84. The predicted octanol–water partition coefficient (Wildman–Crippen LogP) is 1.07. The SMILES string of the molecule is CC(=O)c1ccc(CC2OC(=O)NC2=O)cc1. The van der Waals surface area contributed by atoms with Crippen LogP contribution in [0.2, 0.25) is 0 Å². The highest BCUT2D eigenvalue weighted by Gasteiger charge is 2.31. The molecule has 88 valence electrons. The molecule has 1 unspecified atom stereocenters. The molecule has 0 bridgehead atoms. The Morgan fingerprint density at radius 3 is 2.41 bits per heavy atom. The Kier molecular flexibility index (Phi) is 2.91. The summed E-state index contributed by atoms with van der Waals surface area (Å²) in [5.41, 5.74) is 1.45. The van der Waals surface area contributed by atoms with Gasteiger partial charge in [0.25, 0.3) is 5.91 Å². The predicted molar refractivity (Wildman–Crippen MR) is 58.6 cm³/mol. The molecule has 1 saturated heterocycles. The number of imide groups is 1. The van der Waals surface area contributed by atoms with Crippen molar-refractivity contribution in [2.45, 2.75) is 19.4 Å². The maximum absolute atomic E-state index is 11.3. The molecule has 2 amide bonds. The fraction of sp³-hybridized carbons (Fsp3) is 0.250. The molecule has 0 aromatic heterocycles. The van der Waals surface area contributed by atoms with Gasteiger partial charge in [0, 0.05) is 12.0 Å². The number of benzene rings is 1. The third kappa shape index (κ3) is 2.50. The van der Waals surface area contributed by atoms with Crippen LogP contribution in [-0.2, 0) is 16.0 Å². The largest absolute Gasteiger partial charge is 0.435 e. The van der Waals surface area contributed by atoms with Crippen molar-refractivity contribution in [1.29, 1.82) is 0 Å². The van der Waals surface area contributed by atoms with Crippen LogP contribution in [0.4, 0.5) is 4.79 Å². The number of alkyl carbamates (subject to hydrolysis) is 1. The van der Waals surface area contributed by atoms with Crippen molar-refractivity contribution in [1.82, 2.24) is 5.32 Å². The van der Waals surface area contributed by atoms with E-state index in [1.165, 1.54) is 6.92 Å². The number of carbonyl (C=O) groups excluding carboxylic acids is 3. The quantitative estimate of drug-likeness (QED) is 0.792. The molecule has 2 rings (SSSR count). The van der Waals surface area contributed by atoms with E-state index in [2.05, 4.69) is 5.32 Å². The van der Waals surface area contributed by atoms with Crippen LogP contribution in [0.3, 0.4) is 0 Å². The highest BCUT2D eigenvalue weighted by atomic mass is 16.6. The first-order chi connectivity index (χ1) is 8.06. The van der Waals surface area contributed by atoms with E-state index >= 15 is 0 Å². The third-order valence-electron chi connectivity index (χ3n) is 2.55. The van der Waals surface area contributed by atoms with Gasteiger partial charge in [-0.3, -0.25) is 14.9 Å². The Hall–Kier alpha value is -2.17. The molecule has 1 aliphatic heterocycles. The number of ketones is 1. The summed E-state index contributed by atoms with van der Waals surface area (Å²) in [5.74, 6) is -0.438. The molecule has 1 atom stereocenters. The van der Waals surface area contributed by atoms with E-state index in [4.69, 9.17) is 4.74 Å². The lowest BCUT2D eigenvalue weighted by Gasteiger charge is -2.06. The molecule has 1 aromatic carbocycles. The van der Waals surface area contributed by atoms with Gasteiger partial charge in [-0.15, -0.1) is 0 Å². The summed E-state index contributed by atoms with van der Waals surface area (Å²) in [4.78, 5) is 33.1. The van der Waals surface area contributed by atoms with E-state index in [-0.39, 0.29) is 5.78 Å². The van der Waals surface area contributed by atoms with Crippen molar-refractivity contribution in [2.75, 3.05) is 0 Å². The van der Waals surface area contributed by atoms with Crippen molar-refractivity contribution in [3.8, 4) is 0 Å². The van der Waals surface area contributed by atoms with Crippen LogP contribution in [0.15, 0.2) is 24.3 Å². The summed E-state index contributed by atoms with van der Waals surface area (Å²) < 4.78 is 4.79. The van der Waals surface area contributed by atoms with E-state index in [9.17, 15) is 14.4 Å². The van der Waals surface area contributed by atoms with Gasteiger partial charge in [0.05, 0.1) is 0 Å². The molecule has 0 aliphatic carbocycles. The van der Waals surface area contributed by atoms with Gasteiger partial charge < -0.3 is 4.74 Å². The Morgan fingerprint density at radius 2 is 1.94 bits per heavy atom. The zero-order valence-corrected chi connectivity index (χ0v) is 9.23. The van der Waals surface area contributed by atoms with E-state index in [1.54, 1.807) is 24.3 Å². The van der Waals surface area contributed by atoms with Crippen LogP contribution in [0, 0.1) is 0 Å². The van der Waals surface area contributed by atoms with Gasteiger partial charge in [-0.25, -0.2) is 4.79 Å². The molecular weight excluding hydrogens is 222 g/mol. The van der Waals surface area contributed by atoms with Crippen molar-refractivity contribution in [3.63, 3.8) is 0 Å². The van der Waals surface area contributed by atoms with Crippen molar-refractivity contribution < 1.29 is 19.1 Å². The normalized spacial score (nSPS) is 18.8. The van der Waals surface area contributed by atoms with Gasteiger partial charge in [-0.05, 0) is 12.5 Å². The van der Waals surface area contributed by atoms with Crippen LogP contribution in [0.25, 0.3) is 0 Å². The summed E-state index contributed by atoms with van der Waals surface area (Å²) in [6.45, 7) is 1.49. The molecule has 0 saturated carbocycles. The minimum atomic E-state index is -0.773. The monoisotopic (exact) mass is 233 g/mol. The number of Topliss-reactive ketones (excluding diaryl/α,β-unsaturated/α-hetero) is 1. The second kappa shape index (κ2) is 4.37. The van der Waals surface area contributed by atoms with Gasteiger partial charge in [0.2, 0.25) is 0 Å². The lowest BCUT2D eigenvalue weighted by atomic mass is 10.0. The average molecular weight is 233 g/mol. The van der Waals surface area contributed by atoms with Gasteiger partial charge >= 0.3 is 6.09 Å². The van der Waals surface area contributed by atoms with Crippen LogP contribution >= 0.6 is 0 Å². The summed E-state index contributed by atoms with van der Waals surface area (Å²) in [6, 6.07) is 6.87. The van der Waals surface area contributed by atoms with Crippen LogP contribution in [-0.4, -0.2) is 23.9 Å². The molecule has 5 nitrogen and oxygen atoms in total. The molecule has 1 N–H and O–H groups in total. The van der Waals surface area contributed by atoms with E-state index in [1.807, 2.05) is 0 Å². The van der Waals surface area contributed by atoms with Crippen LogP contribution in [0.5, 0.6) is 0 Å². The third-order valence-corrected chi connectivity index (χ3v) is 2.55. The number of cyclic esters (lactones) is 1. The molecule has 5 heteroatoms. The highest BCUT2D eigenvalue weighted by Crippen LogP contribution is 2.12. The fourth-order valence-electron chi connectivity index (χ4n) is 1.62. The lowest BCUT2D eigenvalue weighted by molar-refractivity contribution is -0.123. The van der Waals surface area contributed by atoms with Crippen molar-refractivity contribution in [3.05, 3.63) is 35.4 Å². The minimum absolute atomic E-state index is 0.0124. The number of amides is 2. The number of rotatable bonds is 3. The Labute approximate surface area is 97.8 Å². The minimum Gasteiger partial charge on any atom is -0.435 e. The summed E-state index contributed by atoms with van der Waals surface area (Å²) in [6.07, 6.45) is -1.17. The molecule has 1 heterocycles. The molecule has 1 fully saturated rings. The lowest BCUT2D eigenvalue weighted by Crippen LogP contribution is -2.25. The van der Waals surface area contributed by atoms with Crippen molar-refractivity contribution >= 4 is 17.8 Å². The summed E-state index contributed by atoms with van der Waals surface area (Å²) in [5, 5.41) is 2.06. The van der Waals surface area contributed by atoms with Crippen LogP contribution < -0.4 is 5.32 Å². The summed E-state index contributed by atoms with van der Waals surface area (Å²) >= 11 is 0. The first kappa shape index (κ1) is 11.3. The average Bonchev–Trinajstić information content (AvgIpc) is 2.58. The van der Waals surface area contributed by atoms with Crippen LogP contribution in [0.1, 0.15) is 22.8 Å². The van der Waals surface area contributed by atoms with Crippen molar-refractivity contribution in [2.24, 2.45) is 0 Å². The zero-order valence-electron chi connectivity index (χ0n) is 9.23. The number of hydrogen-bond acceptors (Lipinski definition) is 4. The Bertz CT molecular complexity index is 478. The van der Waals surface area contributed by atoms with Gasteiger partial charge in [0.15, 0.2) is 11.9 Å². The molecular formula is C12H11NO4. The first-order valence-electron chi connectivity index (χ1n) is 5.17. The maximum atomic E-state index is 11.3. The van der Waals surface area contributed by atoms with E-state index in [0.29, 0.717) is 12.0 Å². The van der Waals surface area contributed by atoms with E-state index in [0.717, 1.165) is 5.56 Å². The second-order valence-corrected chi connectivity index (χ2v) is 3.84. The zero-order chi connectivity index (χ0) is 12.4. The molecule has 0 radical (unpaired) electrons. The highest BCUT2D eigenvalue weighted by molar-refractivity contribution is 6.00.